The van der Waals surface area contributed by atoms with Gasteiger partial charge in [-0.2, -0.15) is 0 Å². The average Bonchev–Trinajstić information content (AvgIpc) is 3.50. The van der Waals surface area contributed by atoms with Gasteiger partial charge in [0.05, 0.1) is 11.0 Å². The van der Waals surface area contributed by atoms with Gasteiger partial charge < -0.3 is 18.9 Å². The van der Waals surface area contributed by atoms with E-state index in [4.69, 9.17) is 9.47 Å². The van der Waals surface area contributed by atoms with Gasteiger partial charge in [-0.25, -0.2) is 0 Å². The smallest absolute Gasteiger partial charge is 0.260 e. The zero-order valence-electron chi connectivity index (χ0n) is 27.5. The maximum atomic E-state index is 6.78. The maximum Gasteiger partial charge on any atom is 0.260 e. The van der Waals surface area contributed by atoms with Gasteiger partial charge in [-0.3, -0.25) is 0 Å². The molecule has 0 saturated heterocycles. The Kier molecular flexibility index (Phi) is 6.01. The summed E-state index contributed by atoms with van der Waals surface area (Å²) in [5.74, 6) is 3.50. The lowest BCUT2D eigenvalue weighted by atomic mass is 9.34. The Labute approximate surface area is 295 Å². The molecule has 0 N–H and O–H groups in total. The van der Waals surface area contributed by atoms with E-state index in [0.717, 1.165) is 83.9 Å². The minimum atomic E-state index is -0.0397. The van der Waals surface area contributed by atoms with Crippen molar-refractivity contribution in [1.29, 1.82) is 0 Å². The second kappa shape index (κ2) is 10.9. The first-order chi connectivity index (χ1) is 25.3. The topological polar surface area (TPSA) is 26.6 Å². The molecule has 9 aromatic rings. The third-order valence-electron chi connectivity index (χ3n) is 10.5. The molecule has 0 spiro atoms. The highest BCUT2D eigenvalue weighted by molar-refractivity contribution is 6.98. The maximum absolute atomic E-state index is 6.78. The van der Waals surface area contributed by atoms with Crippen molar-refractivity contribution in [1.82, 2.24) is 4.57 Å². The fourth-order valence-corrected chi connectivity index (χ4v) is 8.25. The van der Waals surface area contributed by atoms with E-state index in [-0.39, 0.29) is 6.71 Å². The van der Waals surface area contributed by atoms with E-state index in [0.29, 0.717) is 0 Å². The Morgan fingerprint density at radius 1 is 0.431 bits per heavy atom. The van der Waals surface area contributed by atoms with Crippen molar-refractivity contribution in [2.45, 2.75) is 0 Å². The number of anilines is 3. The van der Waals surface area contributed by atoms with Crippen LogP contribution < -0.4 is 30.8 Å². The molecule has 0 aliphatic carbocycles. The highest BCUT2D eigenvalue weighted by Gasteiger charge is 2.41. The first-order valence-corrected chi connectivity index (χ1v) is 17.4. The molecule has 3 heterocycles. The van der Waals surface area contributed by atoms with Crippen LogP contribution in [0.25, 0.3) is 38.3 Å². The van der Waals surface area contributed by atoms with Crippen LogP contribution in [0.5, 0.6) is 23.0 Å². The van der Waals surface area contributed by atoms with Crippen LogP contribution in [0.1, 0.15) is 0 Å². The molecule has 2 aliphatic heterocycles. The quantitative estimate of drug-likeness (QED) is 0.177. The Balaban J connectivity index is 1.19. The number of para-hydroxylation sites is 3. The number of nitrogens with zero attached hydrogens (tertiary/aromatic N) is 2. The summed E-state index contributed by atoms with van der Waals surface area (Å²) in [7, 11) is 0. The number of rotatable bonds is 4. The van der Waals surface area contributed by atoms with Crippen LogP contribution in [0.3, 0.4) is 0 Å². The monoisotopic (exact) mass is 652 g/mol. The van der Waals surface area contributed by atoms with Crippen LogP contribution in [0, 0.1) is 0 Å². The molecular formula is C46H29BN2O2. The number of ether oxygens (including phenoxy) is 2. The van der Waals surface area contributed by atoms with Crippen molar-refractivity contribution in [3.05, 3.63) is 176 Å². The van der Waals surface area contributed by atoms with Gasteiger partial charge in [0.15, 0.2) is 0 Å². The van der Waals surface area contributed by atoms with Crippen molar-refractivity contribution >= 4 is 72.7 Å². The molecule has 0 bridgehead atoms. The Bertz CT molecular complexity index is 2780. The normalized spacial score (nSPS) is 12.6. The molecule has 8 aromatic carbocycles. The van der Waals surface area contributed by atoms with Gasteiger partial charge >= 0.3 is 0 Å². The van der Waals surface area contributed by atoms with E-state index in [1.165, 1.54) is 10.8 Å². The molecule has 51 heavy (non-hydrogen) atoms. The molecule has 11 rings (SSSR count). The molecule has 0 saturated carbocycles. The molecule has 0 radical (unpaired) electrons. The molecule has 4 nitrogen and oxygen atoms in total. The zero-order chi connectivity index (χ0) is 33.5. The average molecular weight is 653 g/mol. The van der Waals surface area contributed by atoms with Crippen molar-refractivity contribution < 1.29 is 9.47 Å². The molecule has 0 amide bonds. The van der Waals surface area contributed by atoms with Crippen LogP contribution in [0.2, 0.25) is 0 Å². The lowest BCUT2D eigenvalue weighted by Crippen LogP contribution is -2.57. The van der Waals surface area contributed by atoms with E-state index in [1.807, 2.05) is 6.07 Å². The van der Waals surface area contributed by atoms with Gasteiger partial charge in [-0.15, -0.1) is 0 Å². The number of hydrogen-bond acceptors (Lipinski definition) is 3. The van der Waals surface area contributed by atoms with Crippen molar-refractivity contribution in [3.63, 3.8) is 0 Å². The summed E-state index contributed by atoms with van der Waals surface area (Å²) in [6.07, 6.45) is 0. The number of fused-ring (bicyclic) bond motifs is 9. The van der Waals surface area contributed by atoms with Gasteiger partial charge in [0.25, 0.3) is 6.71 Å². The number of benzene rings is 8. The van der Waals surface area contributed by atoms with Gasteiger partial charge in [-0.05, 0) is 89.1 Å². The minimum absolute atomic E-state index is 0.0397. The summed E-state index contributed by atoms with van der Waals surface area (Å²) < 4.78 is 15.9. The van der Waals surface area contributed by atoms with Crippen molar-refractivity contribution in [2.75, 3.05) is 4.90 Å². The second-order valence-corrected chi connectivity index (χ2v) is 13.3. The minimum Gasteiger partial charge on any atom is -0.458 e. The third kappa shape index (κ3) is 4.22. The third-order valence-corrected chi connectivity index (χ3v) is 10.5. The zero-order valence-corrected chi connectivity index (χ0v) is 27.5. The summed E-state index contributed by atoms with van der Waals surface area (Å²) in [6, 6.07) is 62.4. The van der Waals surface area contributed by atoms with Crippen molar-refractivity contribution in [2.24, 2.45) is 0 Å². The molecular weight excluding hydrogens is 623 g/mol. The number of aromatic nitrogens is 1. The van der Waals surface area contributed by atoms with Gasteiger partial charge in [0.1, 0.15) is 23.0 Å². The second-order valence-electron chi connectivity index (χ2n) is 13.3. The Hall–Kier alpha value is -6.72. The Morgan fingerprint density at radius 3 is 1.86 bits per heavy atom. The van der Waals surface area contributed by atoms with Crippen molar-refractivity contribution in [3.8, 4) is 28.7 Å². The SMILES string of the molecule is c1ccc(N(c2ccccc2)c2ccc3c4cc5c(cc4n(-c4ccccc4)c3c2)B2c3ccc4ccccc4c3Oc3cccc(c32)O5)cc1. The summed E-state index contributed by atoms with van der Waals surface area (Å²) in [5.41, 5.74) is 10.0. The lowest BCUT2D eigenvalue weighted by molar-refractivity contribution is 0.467. The van der Waals surface area contributed by atoms with Gasteiger partial charge in [0.2, 0.25) is 0 Å². The highest BCUT2D eigenvalue weighted by Crippen LogP contribution is 2.42. The lowest BCUT2D eigenvalue weighted by Gasteiger charge is -2.33. The van der Waals surface area contributed by atoms with E-state index >= 15 is 0 Å². The molecule has 0 unspecified atom stereocenters. The number of hydrogen-bond donors (Lipinski definition) is 0. The molecule has 5 heteroatoms. The fraction of sp³-hybridized carbons (Fsp3) is 0. The molecule has 0 fully saturated rings. The first-order valence-electron chi connectivity index (χ1n) is 17.4. The van der Waals surface area contributed by atoms with Gasteiger partial charge in [-0.1, -0.05) is 103 Å². The van der Waals surface area contributed by atoms with E-state index in [9.17, 15) is 0 Å². The molecule has 1 aromatic heterocycles. The van der Waals surface area contributed by atoms with E-state index in [2.05, 4.69) is 179 Å². The van der Waals surface area contributed by atoms with Crippen LogP contribution in [-0.2, 0) is 0 Å². The molecule has 2 aliphatic rings. The summed E-state index contributed by atoms with van der Waals surface area (Å²) >= 11 is 0. The van der Waals surface area contributed by atoms with Gasteiger partial charge in [0, 0.05) is 44.4 Å². The Morgan fingerprint density at radius 2 is 1.10 bits per heavy atom. The molecule has 238 valence electrons. The van der Waals surface area contributed by atoms with Crippen LogP contribution >= 0.6 is 0 Å². The fourth-order valence-electron chi connectivity index (χ4n) is 8.25. The largest absolute Gasteiger partial charge is 0.458 e. The standard InChI is InChI=1S/C46H29BN2O2/c1-4-14-31(15-5-1)48(32-16-6-2-7-17-32)34-24-25-36-37-28-44-39(29-41(37)49(40(36)27-34)33-18-8-3-9-19-33)47-38-26-23-30-13-10-11-20-35(30)46(38)51-43-22-12-21-42(50-44)45(43)47/h1-29H. The molecule has 0 atom stereocenters. The summed E-state index contributed by atoms with van der Waals surface area (Å²) in [5, 5.41) is 4.60. The van der Waals surface area contributed by atoms with E-state index in [1.54, 1.807) is 0 Å². The van der Waals surface area contributed by atoms with Crippen LogP contribution in [0.15, 0.2) is 176 Å². The van der Waals surface area contributed by atoms with Crippen LogP contribution in [-0.4, -0.2) is 11.3 Å². The van der Waals surface area contributed by atoms with E-state index < -0.39 is 0 Å². The first kappa shape index (κ1) is 28.2. The predicted molar refractivity (Wildman–Crippen MR) is 211 cm³/mol. The highest BCUT2D eigenvalue weighted by atomic mass is 16.5. The predicted octanol–water partition coefficient (Wildman–Crippen LogP) is 10.1. The summed E-state index contributed by atoms with van der Waals surface area (Å²) in [6.45, 7) is -0.0397. The summed E-state index contributed by atoms with van der Waals surface area (Å²) in [4.78, 5) is 2.32. The van der Waals surface area contributed by atoms with Crippen LogP contribution in [0.4, 0.5) is 17.1 Å².